The maximum absolute atomic E-state index is 2.36. The molecular weight excluding hydrogens is 525 g/mol. The molecule has 0 aliphatic carbocycles. The van der Waals surface area contributed by atoms with Crippen LogP contribution in [0.1, 0.15) is 11.1 Å². The molecule has 0 bridgehead atoms. The van der Waals surface area contributed by atoms with Crippen molar-refractivity contribution in [3.63, 3.8) is 0 Å². The molecule has 6 rings (SSSR count). The Morgan fingerprint density at radius 2 is 0.971 bits per heavy atom. The van der Waals surface area contributed by atoms with E-state index in [1.165, 1.54) is 53.5 Å². The van der Waals surface area contributed by atoms with E-state index in [0.29, 0.717) is 0 Å². The molecule has 0 saturated heterocycles. The van der Waals surface area contributed by atoms with Gasteiger partial charge in [-0.15, -0.1) is 0 Å². The van der Waals surface area contributed by atoms with Crippen LogP contribution in [-0.4, -0.2) is 14.1 Å². The van der Waals surface area contributed by atoms with Crippen molar-refractivity contribution in [3.05, 3.63) is 96.1 Å². The second-order valence-electron chi connectivity index (χ2n) is 8.45. The molecule has 2 aliphatic rings. The molecule has 2 heterocycles. The van der Waals surface area contributed by atoms with Gasteiger partial charge in [0.1, 0.15) is 0 Å². The number of rotatable bonds is 6. The van der Waals surface area contributed by atoms with Gasteiger partial charge >= 0.3 is 0 Å². The Labute approximate surface area is 227 Å². The van der Waals surface area contributed by atoms with Crippen molar-refractivity contribution in [1.29, 1.82) is 0 Å². The van der Waals surface area contributed by atoms with E-state index in [-0.39, 0.29) is 0 Å². The highest BCUT2D eigenvalue weighted by molar-refractivity contribution is 9.09. The Morgan fingerprint density at radius 1 is 0.543 bits per heavy atom. The number of anilines is 4. The summed E-state index contributed by atoms with van der Waals surface area (Å²) in [7, 11) is 10.1. The zero-order valence-corrected chi connectivity index (χ0v) is 23.5. The lowest BCUT2D eigenvalue weighted by molar-refractivity contribution is 1.10. The molecule has 4 aromatic rings. The Balaban J connectivity index is 1.03. The van der Waals surface area contributed by atoms with Gasteiger partial charge in [-0.1, -0.05) is 81.5 Å². The molecule has 7 heteroatoms. The SMILES string of the molecule is CN1c2ccccc2Sc2cc(CSSSCc3ccc4c(c3)Sc3ccccc3N4C)ccc21. The van der Waals surface area contributed by atoms with E-state index in [1.54, 1.807) is 0 Å². The van der Waals surface area contributed by atoms with Gasteiger partial charge in [0, 0.05) is 45.2 Å². The molecule has 4 aromatic carbocycles. The normalized spacial score (nSPS) is 13.7. The lowest BCUT2D eigenvalue weighted by Gasteiger charge is -2.29. The molecule has 176 valence electrons. The quantitative estimate of drug-likeness (QED) is 0.172. The second-order valence-corrected chi connectivity index (χ2v) is 14.9. The third-order valence-corrected chi connectivity index (χ3v) is 12.5. The minimum absolute atomic E-state index is 1.01. The van der Waals surface area contributed by atoms with Crippen molar-refractivity contribution in [1.82, 2.24) is 0 Å². The van der Waals surface area contributed by atoms with E-state index < -0.39 is 0 Å². The first-order valence-corrected chi connectivity index (χ1v) is 16.8. The van der Waals surface area contributed by atoms with Crippen molar-refractivity contribution in [3.8, 4) is 0 Å². The summed E-state index contributed by atoms with van der Waals surface area (Å²) < 4.78 is 0. The molecule has 35 heavy (non-hydrogen) atoms. The van der Waals surface area contributed by atoms with Crippen molar-refractivity contribution in [2.75, 3.05) is 23.9 Å². The van der Waals surface area contributed by atoms with Gasteiger partial charge < -0.3 is 9.80 Å². The molecule has 0 radical (unpaired) electrons. The number of para-hydroxylation sites is 2. The fraction of sp³-hybridized carbons (Fsp3) is 0.143. The van der Waals surface area contributed by atoms with Crippen LogP contribution >= 0.6 is 54.9 Å². The van der Waals surface area contributed by atoms with Gasteiger partial charge in [0.05, 0.1) is 22.7 Å². The molecular formula is C28H24N2S5. The molecule has 0 spiro atoms. The summed E-state index contributed by atoms with van der Waals surface area (Å²) in [4.78, 5) is 9.96. The van der Waals surface area contributed by atoms with Gasteiger partial charge in [-0.05, 0) is 69.5 Å². The van der Waals surface area contributed by atoms with Crippen LogP contribution in [0.2, 0.25) is 0 Å². The highest BCUT2D eigenvalue weighted by Crippen LogP contribution is 2.49. The van der Waals surface area contributed by atoms with Gasteiger partial charge in [0.25, 0.3) is 0 Å². The Morgan fingerprint density at radius 3 is 1.46 bits per heavy atom. The summed E-state index contributed by atoms with van der Waals surface area (Å²) in [6.45, 7) is 0. The zero-order chi connectivity index (χ0) is 23.8. The van der Waals surface area contributed by atoms with E-state index in [0.717, 1.165) is 11.5 Å². The molecule has 0 atom stereocenters. The summed E-state index contributed by atoms with van der Waals surface area (Å²) in [6.07, 6.45) is 0. The average molecular weight is 549 g/mol. The highest BCUT2D eigenvalue weighted by Gasteiger charge is 2.21. The molecule has 2 nitrogen and oxygen atoms in total. The van der Waals surface area contributed by atoms with Crippen molar-refractivity contribution in [2.24, 2.45) is 0 Å². The van der Waals surface area contributed by atoms with Gasteiger partial charge in [-0.3, -0.25) is 0 Å². The van der Waals surface area contributed by atoms with E-state index >= 15 is 0 Å². The van der Waals surface area contributed by atoms with Gasteiger partial charge in [0.2, 0.25) is 0 Å². The van der Waals surface area contributed by atoms with Crippen LogP contribution in [0.3, 0.4) is 0 Å². The van der Waals surface area contributed by atoms with Crippen LogP contribution in [0.4, 0.5) is 22.7 Å². The van der Waals surface area contributed by atoms with Crippen molar-refractivity contribution < 1.29 is 0 Å². The fourth-order valence-corrected chi connectivity index (χ4v) is 10.4. The number of hydrogen-bond donors (Lipinski definition) is 0. The third-order valence-electron chi connectivity index (χ3n) is 6.21. The van der Waals surface area contributed by atoms with Crippen LogP contribution < -0.4 is 9.80 Å². The minimum Gasteiger partial charge on any atom is -0.343 e. The summed E-state index contributed by atoms with van der Waals surface area (Å²) in [5.74, 6) is 2.02. The smallest absolute Gasteiger partial charge is 0.0550 e. The summed E-state index contributed by atoms with van der Waals surface area (Å²) in [5, 5.41) is 0. The lowest BCUT2D eigenvalue weighted by Crippen LogP contribution is -2.14. The first-order chi connectivity index (χ1) is 17.2. The molecule has 2 aliphatic heterocycles. The molecule has 0 N–H and O–H groups in total. The first kappa shape index (κ1) is 23.6. The van der Waals surface area contributed by atoms with Crippen molar-refractivity contribution in [2.45, 2.75) is 31.1 Å². The standard InChI is InChI=1S/C28H24N2S5/c1-29-21-7-3-5-9-25(21)33-27-15-19(11-13-23(27)29)17-31-35-32-18-20-12-14-24-28(16-20)34-26-10-6-4-8-22(26)30(24)2/h3-16H,17-18H2,1-2H3. The van der Waals surface area contributed by atoms with Crippen LogP contribution in [0.5, 0.6) is 0 Å². The Kier molecular flexibility index (Phi) is 6.95. The number of fused-ring (bicyclic) bond motifs is 4. The van der Waals surface area contributed by atoms with Crippen LogP contribution in [0.15, 0.2) is 105 Å². The topological polar surface area (TPSA) is 6.48 Å². The maximum Gasteiger partial charge on any atom is 0.0550 e. The predicted octanol–water partition coefficient (Wildman–Crippen LogP) is 9.88. The molecule has 0 amide bonds. The van der Waals surface area contributed by atoms with E-state index in [4.69, 9.17) is 0 Å². The van der Waals surface area contributed by atoms with Crippen LogP contribution in [0, 0.1) is 0 Å². The molecule has 0 aromatic heterocycles. The summed E-state index contributed by atoms with van der Waals surface area (Å²) in [6, 6.07) is 31.1. The Bertz CT molecular complexity index is 1280. The molecule has 0 fully saturated rings. The van der Waals surface area contributed by atoms with E-state index in [2.05, 4.69) is 109 Å². The van der Waals surface area contributed by atoms with Gasteiger partial charge in [-0.25, -0.2) is 0 Å². The number of nitrogens with zero attached hydrogens (tertiary/aromatic N) is 2. The van der Waals surface area contributed by atoms with Crippen LogP contribution in [-0.2, 0) is 11.5 Å². The Hall–Kier alpha value is -1.77. The van der Waals surface area contributed by atoms with E-state index in [1.807, 2.05) is 54.9 Å². The maximum atomic E-state index is 2.36. The lowest BCUT2D eigenvalue weighted by atomic mass is 10.2. The van der Waals surface area contributed by atoms with Crippen LogP contribution in [0.25, 0.3) is 0 Å². The third kappa shape index (κ3) is 4.81. The predicted molar refractivity (Wildman–Crippen MR) is 160 cm³/mol. The number of hydrogen-bond acceptors (Lipinski definition) is 7. The average Bonchev–Trinajstić information content (AvgIpc) is 2.88. The fourth-order valence-electron chi connectivity index (χ4n) is 4.37. The van der Waals surface area contributed by atoms with Gasteiger partial charge in [0.15, 0.2) is 0 Å². The second kappa shape index (κ2) is 10.3. The monoisotopic (exact) mass is 548 g/mol. The minimum atomic E-state index is 1.01. The molecule has 0 unspecified atom stereocenters. The largest absolute Gasteiger partial charge is 0.343 e. The highest BCUT2D eigenvalue weighted by atomic mass is 33.5. The summed E-state index contributed by atoms with van der Waals surface area (Å²) in [5.41, 5.74) is 7.93. The molecule has 0 saturated carbocycles. The van der Waals surface area contributed by atoms with Crippen molar-refractivity contribution >= 4 is 77.7 Å². The summed E-state index contributed by atoms with van der Waals surface area (Å²) >= 11 is 3.76. The zero-order valence-electron chi connectivity index (χ0n) is 19.4. The number of benzene rings is 4. The first-order valence-electron chi connectivity index (χ1n) is 11.4. The van der Waals surface area contributed by atoms with E-state index in [9.17, 15) is 0 Å². The van der Waals surface area contributed by atoms with Gasteiger partial charge in [-0.2, -0.15) is 0 Å².